The molecule has 0 aromatic heterocycles. The van der Waals surface area contributed by atoms with Crippen molar-refractivity contribution in [3.05, 3.63) is 12.2 Å². The molecule has 4 N–H and O–H groups in total. The standard InChI is InChI=1S/2C9H18.C8H17N.C8H16.C7H15N.C7H14O.C7H14S.C7H14.C7H12.2C6H13N.2C6H12O.2C6H12S.C6H12.C5H10/c2*1-9(2)7-5-3-4-6-8-9;1-8(2)5-3-4-6-9-7-8;1-8(2)6-4-3-5-7-8;3*1-7(2)3-5-8-6-4-7;2*1-7(2)5-3-4-6-7;6*1-6(2)3-4-7-5-6;1-6(2)4-3-5-6;1-5(2)3-4-5/h2*3-8H2,1-2H3;9H,3-7H2,1-2H3;3-7H2,1-2H3;8H,3-6H2,1-2H3;2*3-6H2,1-2H3;3-6H2,1-2H3;3-4H,5-6H2,1-2H3;2*7H,3-5H2,1-2H3;4*3-5H2,1-2H3;3-5H2,1-2H3;3-4H2,1-2H3. The van der Waals surface area contributed by atoms with Gasteiger partial charge in [0.2, 0.25) is 0 Å². The summed E-state index contributed by atoms with van der Waals surface area (Å²) in [5.41, 5.74) is 10.6. The zero-order valence-corrected chi connectivity index (χ0v) is 95.1. The van der Waals surface area contributed by atoms with Crippen molar-refractivity contribution >= 4 is 35.3 Å². The molecular weight excluding hydrogens is 1590 g/mol. The van der Waals surface area contributed by atoms with Crippen LogP contribution in [-0.4, -0.2) is 127 Å². The van der Waals surface area contributed by atoms with Gasteiger partial charge in [0.25, 0.3) is 0 Å². The Bertz CT molecular complexity index is 2210. The van der Waals surface area contributed by atoms with Gasteiger partial charge in [0.15, 0.2) is 0 Å². The molecular formula is C116H234N4O3S3. The molecule has 16 fully saturated rings. The molecule has 7 nitrogen and oxygen atoms in total. The summed E-state index contributed by atoms with van der Waals surface area (Å²) >= 11 is 6.26. The Balaban J connectivity index is 0.000000670. The molecule has 0 radical (unpaired) electrons. The molecule has 0 aromatic rings. The Morgan fingerprint density at radius 1 is 0.175 bits per heavy atom. The molecule has 0 unspecified atom stereocenters. The molecule has 0 aromatic carbocycles. The monoisotopic (exact) mass is 1830 g/mol. The zero-order chi connectivity index (χ0) is 95.5. The second-order valence-electron chi connectivity index (χ2n) is 55.8. The van der Waals surface area contributed by atoms with Crippen molar-refractivity contribution in [2.45, 2.75) is 512 Å². The minimum Gasteiger partial charge on any atom is -0.381 e. The maximum absolute atomic E-state index is 5.21. The maximum Gasteiger partial charge on any atom is 0.0517 e. The van der Waals surface area contributed by atoms with E-state index in [1.165, 1.54) is 363 Å². The molecule has 126 heavy (non-hydrogen) atoms. The lowest BCUT2D eigenvalue weighted by Gasteiger charge is -2.33. The van der Waals surface area contributed by atoms with E-state index in [0.29, 0.717) is 81.2 Å². The average Bonchev–Trinajstić information content (AvgIpc) is 1.59. The second kappa shape index (κ2) is 61.8. The van der Waals surface area contributed by atoms with Gasteiger partial charge < -0.3 is 35.5 Å². The summed E-state index contributed by atoms with van der Waals surface area (Å²) in [5, 5.41) is 13.4. The summed E-state index contributed by atoms with van der Waals surface area (Å²) < 4.78 is 15.5. The van der Waals surface area contributed by atoms with Crippen LogP contribution in [0.1, 0.15) is 512 Å². The highest BCUT2D eigenvalue weighted by molar-refractivity contribution is 7.99. The van der Waals surface area contributed by atoms with Gasteiger partial charge in [0.05, 0.1) is 13.2 Å². The van der Waals surface area contributed by atoms with Gasteiger partial charge in [-0.2, -0.15) is 35.3 Å². The molecule has 17 aliphatic rings. The minimum atomic E-state index is 0.472. The Morgan fingerprint density at radius 2 is 0.397 bits per heavy atom. The molecule has 17 rings (SSSR count). The lowest BCUT2D eigenvalue weighted by atomic mass is 9.72. The van der Waals surface area contributed by atoms with Crippen molar-refractivity contribution in [1.82, 2.24) is 21.3 Å². The SMILES string of the molecule is CC1(C)CC1.CC1(C)CC=CC1.CC1(C)CCC1.CC1(C)CCCC1.CC1(C)CCCCC1.CC1(C)CCCCCC1.CC1(C)CCCCCC1.CC1(C)CCCCNC1.CC1(C)CCNC1.CC1(C)CCNC1.CC1(C)CCNCC1.CC1(C)CCOC1.CC1(C)CCOC1.CC1(C)CCOCC1.CC1(C)CCSC1.CC1(C)CCSC1.CC1(C)CCSCC1. The fourth-order valence-electron chi connectivity index (χ4n) is 17.5. The molecule has 10 saturated heterocycles. The lowest BCUT2D eigenvalue weighted by molar-refractivity contribution is 0.0327. The van der Waals surface area contributed by atoms with Crippen LogP contribution in [0.15, 0.2) is 12.2 Å². The van der Waals surface area contributed by atoms with Crippen LogP contribution in [-0.2, 0) is 14.2 Å². The number of nitrogens with one attached hydrogen (secondary N) is 4. The van der Waals surface area contributed by atoms with E-state index in [-0.39, 0.29) is 0 Å². The number of thioether (sulfide) groups is 3. The summed E-state index contributed by atoms with van der Waals surface area (Å²) in [5.74, 6) is 8.26. The van der Waals surface area contributed by atoms with Crippen LogP contribution in [0.2, 0.25) is 0 Å². The van der Waals surface area contributed by atoms with Gasteiger partial charge in [0, 0.05) is 46.1 Å². The highest BCUT2D eigenvalue weighted by Crippen LogP contribution is 2.45. The molecule has 10 heteroatoms. The van der Waals surface area contributed by atoms with Crippen molar-refractivity contribution in [3.8, 4) is 0 Å². The average molecular weight is 1830 g/mol. The van der Waals surface area contributed by atoms with Crippen LogP contribution < -0.4 is 21.3 Å². The predicted molar refractivity (Wildman–Crippen MR) is 578 cm³/mol. The first kappa shape index (κ1) is 125. The summed E-state index contributed by atoms with van der Waals surface area (Å²) in [7, 11) is 0. The van der Waals surface area contributed by atoms with E-state index in [9.17, 15) is 0 Å². The molecule has 0 atom stereocenters. The Kier molecular flexibility index (Phi) is 61.0. The predicted octanol–water partition coefficient (Wildman–Crippen LogP) is 35.4. The van der Waals surface area contributed by atoms with Gasteiger partial charge in [-0.05, 0) is 339 Å². The van der Waals surface area contributed by atoms with Gasteiger partial charge in [-0.1, -0.05) is 344 Å². The fourth-order valence-corrected chi connectivity index (χ4v) is 22.2. The largest absolute Gasteiger partial charge is 0.381 e. The van der Waals surface area contributed by atoms with Gasteiger partial charge in [0.1, 0.15) is 0 Å². The highest BCUT2D eigenvalue weighted by Gasteiger charge is 2.33. The molecule has 0 spiro atoms. The summed E-state index contributed by atoms with van der Waals surface area (Å²) in [6.07, 6.45) is 65.1. The number of piperidine rings is 1. The normalized spacial score (nSPS) is 27.9. The number of allylic oxidation sites excluding steroid dienone is 2. The molecule has 10 aliphatic heterocycles. The van der Waals surface area contributed by atoms with Crippen LogP contribution in [0.3, 0.4) is 0 Å². The minimum absolute atomic E-state index is 0.472. The van der Waals surface area contributed by atoms with E-state index in [1.807, 2.05) is 0 Å². The number of rotatable bonds is 0. The van der Waals surface area contributed by atoms with Crippen LogP contribution in [0.4, 0.5) is 0 Å². The first-order valence-corrected chi connectivity index (χ1v) is 57.4. The van der Waals surface area contributed by atoms with Crippen molar-refractivity contribution < 1.29 is 14.2 Å². The topological polar surface area (TPSA) is 75.8 Å². The highest BCUT2D eigenvalue weighted by atomic mass is 32.2. The van der Waals surface area contributed by atoms with Crippen LogP contribution in [0.25, 0.3) is 0 Å². The molecule has 0 amide bonds. The lowest BCUT2D eigenvalue weighted by Crippen LogP contribution is -2.32. The third-order valence-corrected chi connectivity index (χ3v) is 34.0. The van der Waals surface area contributed by atoms with E-state index >= 15 is 0 Å². The molecule has 10 heterocycles. The van der Waals surface area contributed by atoms with Crippen molar-refractivity contribution in [2.75, 3.05) is 127 Å². The Morgan fingerprint density at radius 3 is 0.571 bits per heavy atom. The Hall–Kier alpha value is 0.510. The van der Waals surface area contributed by atoms with E-state index < -0.39 is 0 Å². The molecule has 6 saturated carbocycles. The van der Waals surface area contributed by atoms with Gasteiger partial charge in [-0.15, -0.1) is 0 Å². The van der Waals surface area contributed by atoms with E-state index in [0.717, 1.165) is 50.5 Å². The number of hydrogen-bond acceptors (Lipinski definition) is 10. The smallest absolute Gasteiger partial charge is 0.0517 e. The van der Waals surface area contributed by atoms with Crippen LogP contribution in [0.5, 0.6) is 0 Å². The summed E-state index contributed by atoms with van der Waals surface area (Å²) in [6, 6.07) is 0. The fraction of sp³-hybridized carbons (Fsp3) is 0.983. The maximum atomic E-state index is 5.21. The van der Waals surface area contributed by atoms with Gasteiger partial charge >= 0.3 is 0 Å². The third-order valence-electron chi connectivity index (χ3n) is 30.1. The van der Waals surface area contributed by atoms with Gasteiger partial charge in [-0.3, -0.25) is 0 Å². The van der Waals surface area contributed by atoms with Crippen LogP contribution >= 0.6 is 35.3 Å². The summed E-state index contributed by atoms with van der Waals surface area (Å²) in [4.78, 5) is 0. The Labute approximate surface area is 807 Å². The first-order chi connectivity index (χ1) is 58.0. The van der Waals surface area contributed by atoms with Crippen LogP contribution in [0, 0.1) is 92.1 Å². The van der Waals surface area contributed by atoms with Crippen molar-refractivity contribution in [2.24, 2.45) is 92.1 Å². The van der Waals surface area contributed by atoms with Gasteiger partial charge in [-0.25, -0.2) is 0 Å². The second-order valence-corrected chi connectivity index (χ2v) is 59.2. The molecule has 0 bridgehead atoms. The van der Waals surface area contributed by atoms with E-state index in [2.05, 4.69) is 304 Å². The van der Waals surface area contributed by atoms with E-state index in [1.54, 1.807) is 0 Å². The van der Waals surface area contributed by atoms with Crippen molar-refractivity contribution in [3.63, 3.8) is 0 Å². The number of hydrogen-bond donors (Lipinski definition) is 4. The molecule has 7 aliphatic carbocycles. The quantitative estimate of drug-likeness (QED) is 0.139. The number of ether oxygens (including phenoxy) is 3. The zero-order valence-electron chi connectivity index (χ0n) is 92.7. The third kappa shape index (κ3) is 75.6. The summed E-state index contributed by atoms with van der Waals surface area (Å²) in [6.45, 7) is 94.6. The first-order valence-electron chi connectivity index (χ1n) is 54.0. The molecule has 754 valence electrons. The van der Waals surface area contributed by atoms with E-state index in [4.69, 9.17) is 14.2 Å². The van der Waals surface area contributed by atoms with Crippen molar-refractivity contribution in [1.29, 1.82) is 0 Å².